The molecule has 0 aliphatic rings. The summed E-state index contributed by atoms with van der Waals surface area (Å²) in [5.74, 6) is 2.39. The highest BCUT2D eigenvalue weighted by atomic mass is 32.1. The predicted octanol–water partition coefficient (Wildman–Crippen LogP) is 4.53. The molecule has 0 bridgehead atoms. The average molecular weight is 289 g/mol. The van der Waals surface area contributed by atoms with Crippen molar-refractivity contribution in [3.63, 3.8) is 0 Å². The molecular formula is C16H23N3S. The molecule has 2 aromatic heterocycles. The van der Waals surface area contributed by atoms with Crippen LogP contribution in [0.2, 0.25) is 0 Å². The molecule has 1 N–H and O–H groups in total. The van der Waals surface area contributed by atoms with Gasteiger partial charge in [-0.05, 0) is 36.6 Å². The van der Waals surface area contributed by atoms with Crippen LogP contribution in [0.5, 0.6) is 0 Å². The van der Waals surface area contributed by atoms with Crippen molar-refractivity contribution in [1.29, 1.82) is 0 Å². The zero-order valence-corrected chi connectivity index (χ0v) is 13.5. The second-order valence-electron chi connectivity index (χ2n) is 5.56. The van der Waals surface area contributed by atoms with Gasteiger partial charge in [0.1, 0.15) is 5.82 Å². The number of hydrogen-bond acceptors (Lipinski definition) is 4. The fourth-order valence-electron chi connectivity index (χ4n) is 2.07. The SMILES string of the molecule is CCCNc1cc(CC(C)C)nc(-c2cscc2C)n1. The van der Waals surface area contributed by atoms with Crippen LogP contribution in [-0.2, 0) is 6.42 Å². The van der Waals surface area contributed by atoms with Crippen molar-refractivity contribution in [1.82, 2.24) is 9.97 Å². The normalized spacial score (nSPS) is 11.1. The van der Waals surface area contributed by atoms with Gasteiger partial charge in [-0.2, -0.15) is 11.3 Å². The summed E-state index contributed by atoms with van der Waals surface area (Å²) in [5.41, 5.74) is 3.52. The van der Waals surface area contributed by atoms with E-state index in [2.05, 4.69) is 54.8 Å². The Bertz CT molecular complexity index is 561. The first kappa shape index (κ1) is 15.0. The topological polar surface area (TPSA) is 37.8 Å². The number of anilines is 1. The summed E-state index contributed by atoms with van der Waals surface area (Å²) in [4.78, 5) is 9.41. The zero-order valence-electron chi connectivity index (χ0n) is 12.7. The first-order valence-corrected chi connectivity index (χ1v) is 8.19. The third kappa shape index (κ3) is 3.79. The Morgan fingerprint density at radius 2 is 2.05 bits per heavy atom. The maximum atomic E-state index is 4.74. The summed E-state index contributed by atoms with van der Waals surface area (Å²) in [6.45, 7) is 9.66. The lowest BCUT2D eigenvalue weighted by Gasteiger charge is -2.11. The molecule has 0 saturated carbocycles. The van der Waals surface area contributed by atoms with Crippen LogP contribution in [-0.4, -0.2) is 16.5 Å². The van der Waals surface area contributed by atoms with Crippen molar-refractivity contribution < 1.29 is 0 Å². The van der Waals surface area contributed by atoms with Crippen molar-refractivity contribution in [2.45, 2.75) is 40.5 Å². The van der Waals surface area contributed by atoms with E-state index in [0.29, 0.717) is 5.92 Å². The highest BCUT2D eigenvalue weighted by molar-refractivity contribution is 7.08. The van der Waals surface area contributed by atoms with E-state index in [4.69, 9.17) is 4.98 Å². The molecule has 0 fully saturated rings. The van der Waals surface area contributed by atoms with Crippen LogP contribution >= 0.6 is 11.3 Å². The van der Waals surface area contributed by atoms with Gasteiger partial charge in [0.25, 0.3) is 0 Å². The largest absolute Gasteiger partial charge is 0.370 e. The van der Waals surface area contributed by atoms with E-state index >= 15 is 0 Å². The second kappa shape index (κ2) is 6.84. The molecule has 0 amide bonds. The van der Waals surface area contributed by atoms with Gasteiger partial charge in [-0.15, -0.1) is 0 Å². The molecule has 2 rings (SSSR count). The van der Waals surface area contributed by atoms with E-state index in [1.54, 1.807) is 11.3 Å². The lowest BCUT2D eigenvalue weighted by atomic mass is 10.1. The van der Waals surface area contributed by atoms with E-state index in [-0.39, 0.29) is 0 Å². The molecule has 4 heteroatoms. The average Bonchev–Trinajstić information content (AvgIpc) is 2.81. The van der Waals surface area contributed by atoms with E-state index in [9.17, 15) is 0 Å². The third-order valence-electron chi connectivity index (χ3n) is 3.05. The molecule has 0 spiro atoms. The molecule has 0 radical (unpaired) electrons. The molecule has 0 saturated heterocycles. The minimum atomic E-state index is 0.598. The maximum Gasteiger partial charge on any atom is 0.162 e. The minimum Gasteiger partial charge on any atom is -0.370 e. The number of hydrogen-bond donors (Lipinski definition) is 1. The lowest BCUT2D eigenvalue weighted by molar-refractivity contribution is 0.635. The summed E-state index contributed by atoms with van der Waals surface area (Å²) in [7, 11) is 0. The number of aryl methyl sites for hydroxylation is 1. The van der Waals surface area contributed by atoms with Gasteiger partial charge in [0.05, 0.1) is 0 Å². The first-order valence-electron chi connectivity index (χ1n) is 7.25. The Kier molecular flexibility index (Phi) is 5.12. The fourth-order valence-corrected chi connectivity index (χ4v) is 2.90. The van der Waals surface area contributed by atoms with E-state index < -0.39 is 0 Å². The minimum absolute atomic E-state index is 0.598. The fraction of sp³-hybridized carbons (Fsp3) is 0.500. The highest BCUT2D eigenvalue weighted by Gasteiger charge is 2.10. The van der Waals surface area contributed by atoms with Gasteiger partial charge in [0.15, 0.2) is 5.82 Å². The van der Waals surface area contributed by atoms with Crippen LogP contribution < -0.4 is 5.32 Å². The van der Waals surface area contributed by atoms with E-state index in [1.165, 1.54) is 5.56 Å². The van der Waals surface area contributed by atoms with Gasteiger partial charge in [-0.1, -0.05) is 20.8 Å². The van der Waals surface area contributed by atoms with E-state index in [0.717, 1.165) is 42.3 Å². The molecule has 0 unspecified atom stereocenters. The van der Waals surface area contributed by atoms with Crippen LogP contribution in [0.25, 0.3) is 11.4 Å². The van der Waals surface area contributed by atoms with Crippen molar-refractivity contribution in [3.8, 4) is 11.4 Å². The summed E-state index contributed by atoms with van der Waals surface area (Å²) in [6, 6.07) is 2.08. The molecule has 20 heavy (non-hydrogen) atoms. The molecule has 2 aromatic rings. The van der Waals surface area contributed by atoms with Crippen molar-refractivity contribution in [2.24, 2.45) is 5.92 Å². The number of thiophene rings is 1. The molecule has 0 aliphatic heterocycles. The Hall–Kier alpha value is -1.42. The van der Waals surface area contributed by atoms with Gasteiger partial charge in [0, 0.05) is 29.2 Å². The zero-order chi connectivity index (χ0) is 14.5. The number of aromatic nitrogens is 2. The summed E-state index contributed by atoms with van der Waals surface area (Å²) < 4.78 is 0. The number of nitrogens with one attached hydrogen (secondary N) is 1. The Labute approximate surface area is 125 Å². The van der Waals surface area contributed by atoms with Crippen LogP contribution in [0.4, 0.5) is 5.82 Å². The predicted molar refractivity (Wildman–Crippen MR) is 87.4 cm³/mol. The van der Waals surface area contributed by atoms with Crippen molar-refractivity contribution >= 4 is 17.2 Å². The Morgan fingerprint density at radius 3 is 2.65 bits per heavy atom. The molecule has 108 valence electrons. The monoisotopic (exact) mass is 289 g/mol. The standard InChI is InChI=1S/C16H23N3S/c1-5-6-17-15-8-13(7-11(2)3)18-16(19-15)14-10-20-9-12(14)4/h8-11H,5-7H2,1-4H3,(H,17,18,19). The van der Waals surface area contributed by atoms with Crippen LogP contribution in [0.1, 0.15) is 38.4 Å². The molecule has 0 aliphatic carbocycles. The molecule has 0 atom stereocenters. The quantitative estimate of drug-likeness (QED) is 0.848. The molecule has 3 nitrogen and oxygen atoms in total. The summed E-state index contributed by atoms with van der Waals surface area (Å²) in [5, 5.41) is 7.66. The van der Waals surface area contributed by atoms with E-state index in [1.807, 2.05) is 0 Å². The van der Waals surface area contributed by atoms with Crippen molar-refractivity contribution in [3.05, 3.63) is 28.1 Å². The molecule has 2 heterocycles. The smallest absolute Gasteiger partial charge is 0.162 e. The number of rotatable bonds is 6. The maximum absolute atomic E-state index is 4.74. The second-order valence-corrected chi connectivity index (χ2v) is 6.30. The van der Waals surface area contributed by atoms with Gasteiger partial charge in [0.2, 0.25) is 0 Å². The van der Waals surface area contributed by atoms with Gasteiger partial charge in [-0.25, -0.2) is 9.97 Å². The van der Waals surface area contributed by atoms with Crippen molar-refractivity contribution in [2.75, 3.05) is 11.9 Å². The lowest BCUT2D eigenvalue weighted by Crippen LogP contribution is -2.07. The van der Waals surface area contributed by atoms with Crippen LogP contribution in [0.3, 0.4) is 0 Å². The molecular weight excluding hydrogens is 266 g/mol. The first-order chi connectivity index (χ1) is 9.60. The molecule has 0 aromatic carbocycles. The Morgan fingerprint density at radius 1 is 1.25 bits per heavy atom. The Balaban J connectivity index is 2.37. The summed E-state index contributed by atoms with van der Waals surface area (Å²) in [6.07, 6.45) is 2.08. The number of nitrogens with zero attached hydrogens (tertiary/aromatic N) is 2. The highest BCUT2D eigenvalue weighted by Crippen LogP contribution is 2.25. The van der Waals surface area contributed by atoms with Crippen LogP contribution in [0, 0.1) is 12.8 Å². The van der Waals surface area contributed by atoms with Gasteiger partial charge < -0.3 is 5.32 Å². The van der Waals surface area contributed by atoms with Crippen LogP contribution in [0.15, 0.2) is 16.8 Å². The van der Waals surface area contributed by atoms with Gasteiger partial charge >= 0.3 is 0 Å². The summed E-state index contributed by atoms with van der Waals surface area (Å²) >= 11 is 1.70. The van der Waals surface area contributed by atoms with Gasteiger partial charge in [-0.3, -0.25) is 0 Å². The third-order valence-corrected chi connectivity index (χ3v) is 3.91.